The molecule has 2 unspecified atom stereocenters. The van der Waals surface area contributed by atoms with Crippen LogP contribution in [0.3, 0.4) is 0 Å². The highest BCUT2D eigenvalue weighted by Crippen LogP contribution is 2.60. The molecule has 56 heavy (non-hydrogen) atoms. The highest BCUT2D eigenvalue weighted by atomic mass is 16.3. The number of aromatic nitrogens is 2. The lowest BCUT2D eigenvalue weighted by Gasteiger charge is -2.43. The number of rotatable bonds is 7. The maximum absolute atomic E-state index is 14.8. The molecule has 1 saturated carbocycles. The summed E-state index contributed by atoms with van der Waals surface area (Å²) in [6, 6.07) is 27.3. The van der Waals surface area contributed by atoms with Crippen LogP contribution in [0.15, 0.2) is 91.1 Å². The molecule has 4 amide bonds. The van der Waals surface area contributed by atoms with Gasteiger partial charge in [0.2, 0.25) is 23.6 Å². The van der Waals surface area contributed by atoms with E-state index in [0.29, 0.717) is 76.2 Å². The number of piperidine rings is 2. The Morgan fingerprint density at radius 3 is 2.21 bits per heavy atom. The van der Waals surface area contributed by atoms with Gasteiger partial charge in [-0.3, -0.25) is 24.5 Å². The van der Waals surface area contributed by atoms with Crippen molar-refractivity contribution in [1.29, 1.82) is 0 Å². The average Bonchev–Trinajstić information content (AvgIpc) is 3.78. The quantitative estimate of drug-likeness (QED) is 0.262. The van der Waals surface area contributed by atoms with Gasteiger partial charge in [0.1, 0.15) is 5.75 Å². The number of phenols is 1. The van der Waals surface area contributed by atoms with Crippen molar-refractivity contribution < 1.29 is 24.3 Å². The smallest absolute Gasteiger partial charge is 0.234 e. The van der Waals surface area contributed by atoms with Gasteiger partial charge < -0.3 is 24.7 Å². The van der Waals surface area contributed by atoms with E-state index >= 15 is 0 Å². The molecule has 3 atom stereocenters. The molecular formula is C44H47N7O5. The number of anilines is 2. The molecule has 9 rings (SSSR count). The molecule has 5 heterocycles. The fraction of sp³-hybridized carbons (Fsp3) is 0.409. The van der Waals surface area contributed by atoms with E-state index in [1.807, 2.05) is 65.6 Å². The SMILES string of the molecule is O=C1CC[C@H](c2ccc(N3CCN(C(=O)C4CC45CCN(C(=O)C4(c6ccccc6)CCN(c6cnnc(-c7ccccc7O)c6)CC4)C5)CC3)cc2)C(=O)N1. The number of benzene rings is 3. The number of carbonyl (C=O) groups excluding carboxylic acids is 4. The van der Waals surface area contributed by atoms with Gasteiger partial charge in [0.25, 0.3) is 0 Å². The highest BCUT2D eigenvalue weighted by Gasteiger charge is 2.63. The van der Waals surface area contributed by atoms with E-state index in [-0.39, 0.29) is 46.6 Å². The van der Waals surface area contributed by atoms with Crippen molar-refractivity contribution in [3.05, 3.63) is 102 Å². The summed E-state index contributed by atoms with van der Waals surface area (Å²) in [7, 11) is 0. The van der Waals surface area contributed by atoms with Gasteiger partial charge in [0.15, 0.2) is 0 Å². The van der Waals surface area contributed by atoms with Gasteiger partial charge in [-0.1, -0.05) is 54.6 Å². The van der Waals surface area contributed by atoms with Crippen LogP contribution in [-0.2, 0) is 24.6 Å². The summed E-state index contributed by atoms with van der Waals surface area (Å²) in [6.45, 7) is 5.40. The molecular weight excluding hydrogens is 707 g/mol. The Hall–Kier alpha value is -5.78. The predicted molar refractivity (Wildman–Crippen MR) is 211 cm³/mol. The molecule has 5 aliphatic rings. The van der Waals surface area contributed by atoms with Gasteiger partial charge in [-0.2, -0.15) is 10.2 Å². The maximum Gasteiger partial charge on any atom is 0.234 e. The summed E-state index contributed by atoms with van der Waals surface area (Å²) in [6.07, 6.45) is 5.62. The number of imide groups is 1. The first-order chi connectivity index (χ1) is 27.2. The molecule has 1 aromatic heterocycles. The zero-order valence-corrected chi connectivity index (χ0v) is 31.5. The fourth-order valence-electron chi connectivity index (χ4n) is 9.74. The second-order valence-corrected chi connectivity index (χ2v) is 16.3. The summed E-state index contributed by atoms with van der Waals surface area (Å²) < 4.78 is 0. The highest BCUT2D eigenvalue weighted by molar-refractivity contribution is 6.01. The predicted octanol–water partition coefficient (Wildman–Crippen LogP) is 4.50. The number of hydrogen-bond donors (Lipinski definition) is 2. The first kappa shape index (κ1) is 35.9. The second kappa shape index (κ2) is 14.4. The number of amides is 4. The molecule has 1 spiro atoms. The van der Waals surface area contributed by atoms with Crippen LogP contribution in [0.4, 0.5) is 11.4 Å². The number of phenolic OH excluding ortho intramolecular Hbond substituents is 1. The summed E-state index contributed by atoms with van der Waals surface area (Å²) >= 11 is 0. The molecule has 1 aliphatic carbocycles. The summed E-state index contributed by atoms with van der Waals surface area (Å²) in [5.41, 5.74) is 4.37. The van der Waals surface area contributed by atoms with Gasteiger partial charge in [0.05, 0.1) is 28.9 Å². The zero-order chi connectivity index (χ0) is 38.4. The van der Waals surface area contributed by atoms with Crippen LogP contribution in [0, 0.1) is 11.3 Å². The van der Waals surface area contributed by atoms with E-state index in [1.54, 1.807) is 18.3 Å². The second-order valence-electron chi connectivity index (χ2n) is 16.3. The minimum absolute atomic E-state index is 0.0494. The standard InChI is InChI=1S/C44H47N7O5/c52-38-9-5-4-8-35(38)37-26-33(28-45-47-37)48-20-17-44(18-21-48,31-6-2-1-3-7-31)42(56)51-19-16-43(29-51)27-36(43)41(55)50-24-22-49(23-25-50)32-12-10-30(11-13-32)34-14-15-39(53)46-40(34)54/h1-13,26,28,34,36,52H,14-25,27,29H2,(H,46,53,54)/t34-,36?,43?/m1/s1. The van der Waals surface area contributed by atoms with Crippen LogP contribution in [0.2, 0.25) is 0 Å². The molecule has 5 fully saturated rings. The Kier molecular flexibility index (Phi) is 9.22. The molecule has 288 valence electrons. The molecule has 2 N–H and O–H groups in total. The van der Waals surface area contributed by atoms with E-state index < -0.39 is 5.41 Å². The van der Waals surface area contributed by atoms with E-state index in [9.17, 15) is 24.3 Å². The average molecular weight is 754 g/mol. The van der Waals surface area contributed by atoms with E-state index in [0.717, 1.165) is 48.4 Å². The van der Waals surface area contributed by atoms with Crippen molar-refractivity contribution in [2.45, 2.75) is 49.9 Å². The van der Waals surface area contributed by atoms with Crippen molar-refractivity contribution in [3.63, 3.8) is 0 Å². The number of hydrogen-bond acceptors (Lipinski definition) is 9. The Bertz CT molecular complexity index is 2150. The number of nitrogens with zero attached hydrogens (tertiary/aromatic N) is 6. The topological polar surface area (TPSA) is 139 Å². The van der Waals surface area contributed by atoms with Crippen LogP contribution in [0.1, 0.15) is 55.6 Å². The fourth-order valence-corrected chi connectivity index (χ4v) is 9.74. The summed E-state index contributed by atoms with van der Waals surface area (Å²) in [5.74, 6) is -0.256. The summed E-state index contributed by atoms with van der Waals surface area (Å²) in [4.78, 5) is 61.2. The van der Waals surface area contributed by atoms with Crippen molar-refractivity contribution >= 4 is 35.0 Å². The van der Waals surface area contributed by atoms with Crippen molar-refractivity contribution in [2.75, 3.05) is 62.2 Å². The van der Waals surface area contributed by atoms with Crippen LogP contribution >= 0.6 is 0 Å². The third kappa shape index (κ3) is 6.54. The van der Waals surface area contributed by atoms with Gasteiger partial charge in [0, 0.05) is 81.4 Å². The summed E-state index contributed by atoms with van der Waals surface area (Å²) in [5, 5.41) is 21.4. The zero-order valence-electron chi connectivity index (χ0n) is 31.5. The van der Waals surface area contributed by atoms with E-state index in [1.165, 1.54) is 0 Å². The Morgan fingerprint density at radius 1 is 0.768 bits per heavy atom. The Morgan fingerprint density at radius 2 is 1.48 bits per heavy atom. The van der Waals surface area contributed by atoms with Crippen molar-refractivity contribution in [2.24, 2.45) is 11.3 Å². The van der Waals surface area contributed by atoms with Crippen LogP contribution in [0.5, 0.6) is 5.75 Å². The lowest BCUT2D eigenvalue weighted by atomic mass is 9.71. The lowest BCUT2D eigenvalue weighted by Crippen LogP contribution is -2.53. The molecule has 12 nitrogen and oxygen atoms in total. The molecule has 0 radical (unpaired) electrons. The number of piperazine rings is 1. The number of para-hydroxylation sites is 1. The largest absolute Gasteiger partial charge is 0.507 e. The molecule has 4 saturated heterocycles. The monoisotopic (exact) mass is 753 g/mol. The molecule has 4 aromatic rings. The molecule has 0 bridgehead atoms. The van der Waals surface area contributed by atoms with Crippen LogP contribution < -0.4 is 15.1 Å². The Labute approximate surface area is 326 Å². The van der Waals surface area contributed by atoms with E-state index in [4.69, 9.17) is 0 Å². The molecule has 3 aromatic carbocycles. The third-order valence-corrected chi connectivity index (χ3v) is 13.2. The Balaban J connectivity index is 0.823. The van der Waals surface area contributed by atoms with Crippen molar-refractivity contribution in [1.82, 2.24) is 25.3 Å². The molecule has 12 heteroatoms. The normalized spacial score (nSPS) is 24.6. The number of aromatic hydroxyl groups is 1. The van der Waals surface area contributed by atoms with Gasteiger partial charge in [-0.05, 0) is 73.6 Å². The first-order valence-corrected chi connectivity index (χ1v) is 19.9. The van der Waals surface area contributed by atoms with Gasteiger partial charge in [-0.25, -0.2) is 0 Å². The first-order valence-electron chi connectivity index (χ1n) is 19.9. The van der Waals surface area contributed by atoms with Crippen molar-refractivity contribution in [3.8, 4) is 17.0 Å². The van der Waals surface area contributed by atoms with Crippen LogP contribution in [-0.4, -0.2) is 101 Å². The number of likely N-dealkylation sites (tertiary alicyclic amines) is 1. The maximum atomic E-state index is 14.8. The number of carbonyl (C=O) groups is 4. The molecule has 4 aliphatic heterocycles. The van der Waals surface area contributed by atoms with Gasteiger partial charge >= 0.3 is 0 Å². The number of nitrogens with one attached hydrogen (secondary N) is 1. The third-order valence-electron chi connectivity index (χ3n) is 13.2. The van der Waals surface area contributed by atoms with Crippen LogP contribution in [0.25, 0.3) is 11.3 Å². The van der Waals surface area contributed by atoms with Gasteiger partial charge in [-0.15, -0.1) is 0 Å². The minimum Gasteiger partial charge on any atom is -0.507 e. The minimum atomic E-state index is -0.658. The lowest BCUT2D eigenvalue weighted by molar-refractivity contribution is -0.138. The van der Waals surface area contributed by atoms with E-state index in [2.05, 4.69) is 42.3 Å².